The number of benzene rings is 1. The van der Waals surface area contributed by atoms with Crippen molar-refractivity contribution in [3.05, 3.63) is 47.5 Å². The molecule has 0 saturated heterocycles. The molecule has 0 atom stereocenters. The van der Waals surface area contributed by atoms with Crippen LogP contribution in [0.15, 0.2) is 47.5 Å². The van der Waals surface area contributed by atoms with Crippen LogP contribution in [0.3, 0.4) is 0 Å². The van der Waals surface area contributed by atoms with E-state index in [2.05, 4.69) is 20.3 Å². The number of nitrogens with one attached hydrogen (secondary N) is 1. The van der Waals surface area contributed by atoms with Crippen molar-refractivity contribution in [3.63, 3.8) is 0 Å². The van der Waals surface area contributed by atoms with Crippen LogP contribution in [0, 0.1) is 0 Å². The number of ether oxygens (including phenoxy) is 2. The highest BCUT2D eigenvalue weighted by Gasteiger charge is 2.15. The van der Waals surface area contributed by atoms with E-state index < -0.39 is 0 Å². The summed E-state index contributed by atoms with van der Waals surface area (Å²) in [6.07, 6.45) is 4.01. The van der Waals surface area contributed by atoms with Gasteiger partial charge in [-0.05, 0) is 24.3 Å². The monoisotopic (exact) mass is 426 g/mol. The van der Waals surface area contributed by atoms with Crippen molar-refractivity contribution < 1.29 is 14.3 Å². The highest BCUT2D eigenvalue weighted by molar-refractivity contribution is 7.18. The second-order valence-electron chi connectivity index (χ2n) is 6.10. The Kier molecular flexibility index (Phi) is 5.97. The smallest absolute Gasteiger partial charge is 0.226 e. The maximum Gasteiger partial charge on any atom is 0.226 e. The number of hydrogen-bond acceptors (Lipinski definition) is 8. The average Bonchev–Trinajstić information content (AvgIpc) is 3.38. The van der Waals surface area contributed by atoms with Crippen molar-refractivity contribution in [1.82, 2.24) is 15.0 Å². The Morgan fingerprint density at radius 1 is 1.07 bits per heavy atom. The zero-order valence-corrected chi connectivity index (χ0v) is 17.3. The first-order valence-corrected chi connectivity index (χ1v) is 10.7. The third-order valence-corrected chi connectivity index (χ3v) is 5.66. The van der Waals surface area contributed by atoms with Crippen LogP contribution >= 0.6 is 22.7 Å². The molecule has 1 aromatic carbocycles. The van der Waals surface area contributed by atoms with E-state index in [9.17, 15) is 4.79 Å². The summed E-state index contributed by atoms with van der Waals surface area (Å²) in [5.41, 5.74) is 1.75. The fraction of sp³-hybridized carbons (Fsp3) is 0.200. The van der Waals surface area contributed by atoms with Gasteiger partial charge in [-0.25, -0.2) is 15.0 Å². The first-order chi connectivity index (χ1) is 14.2. The Bertz CT molecular complexity index is 1090. The minimum Gasteiger partial charge on any atom is -0.493 e. The highest BCUT2D eigenvalue weighted by Crippen LogP contribution is 2.38. The SMILES string of the molecule is CC(=O)Nc1ccc(OCCCOc2ncnc3scc(-c4nccs4)c23)cc1. The van der Waals surface area contributed by atoms with Crippen LogP contribution in [0.5, 0.6) is 11.6 Å². The lowest BCUT2D eigenvalue weighted by Crippen LogP contribution is -2.07. The summed E-state index contributed by atoms with van der Waals surface area (Å²) in [4.78, 5) is 25.0. The molecule has 4 aromatic rings. The molecule has 0 aliphatic rings. The standard InChI is InChI=1S/C20H18N4O3S2/c1-13(25)24-14-3-5-15(6-4-14)26-8-2-9-27-18-17-16(19-21-7-10-28-19)11-29-20(17)23-12-22-18/h3-7,10-12H,2,8-9H2,1H3,(H,24,25). The van der Waals surface area contributed by atoms with Crippen LogP contribution in [0.25, 0.3) is 20.8 Å². The molecular formula is C20H18N4O3S2. The van der Waals surface area contributed by atoms with Gasteiger partial charge < -0.3 is 14.8 Å². The summed E-state index contributed by atoms with van der Waals surface area (Å²) < 4.78 is 11.6. The molecule has 0 radical (unpaired) electrons. The minimum absolute atomic E-state index is 0.0988. The van der Waals surface area contributed by atoms with Gasteiger partial charge >= 0.3 is 0 Å². The second-order valence-corrected chi connectivity index (χ2v) is 7.85. The lowest BCUT2D eigenvalue weighted by atomic mass is 10.2. The topological polar surface area (TPSA) is 86.2 Å². The lowest BCUT2D eigenvalue weighted by molar-refractivity contribution is -0.114. The molecule has 0 aliphatic carbocycles. The summed E-state index contributed by atoms with van der Waals surface area (Å²) >= 11 is 3.14. The summed E-state index contributed by atoms with van der Waals surface area (Å²) in [7, 11) is 0. The van der Waals surface area contributed by atoms with Crippen molar-refractivity contribution in [1.29, 1.82) is 0 Å². The van der Waals surface area contributed by atoms with E-state index in [4.69, 9.17) is 9.47 Å². The minimum atomic E-state index is -0.0988. The number of fused-ring (bicyclic) bond motifs is 1. The Morgan fingerprint density at radius 3 is 2.66 bits per heavy atom. The van der Waals surface area contributed by atoms with Gasteiger partial charge in [0.1, 0.15) is 21.9 Å². The molecule has 0 aliphatic heterocycles. The van der Waals surface area contributed by atoms with Gasteiger partial charge in [0.2, 0.25) is 11.8 Å². The van der Waals surface area contributed by atoms with Gasteiger partial charge in [0, 0.05) is 41.6 Å². The Morgan fingerprint density at radius 2 is 1.90 bits per heavy atom. The van der Waals surface area contributed by atoms with Gasteiger partial charge in [-0.3, -0.25) is 4.79 Å². The number of carbonyl (C=O) groups is 1. The third kappa shape index (κ3) is 4.69. The number of carbonyl (C=O) groups excluding carboxylic acids is 1. The maximum absolute atomic E-state index is 11.0. The van der Waals surface area contributed by atoms with Crippen LogP contribution in [-0.4, -0.2) is 34.1 Å². The molecule has 0 saturated carbocycles. The Balaban J connectivity index is 1.32. The number of anilines is 1. The number of thiophene rings is 1. The predicted molar refractivity (Wildman–Crippen MR) is 115 cm³/mol. The Hall–Kier alpha value is -3.04. The van der Waals surface area contributed by atoms with Crippen molar-refractivity contribution >= 4 is 44.5 Å². The van der Waals surface area contributed by atoms with Crippen LogP contribution in [-0.2, 0) is 4.79 Å². The van der Waals surface area contributed by atoms with Crippen LogP contribution < -0.4 is 14.8 Å². The molecule has 3 heterocycles. The van der Waals surface area contributed by atoms with Crippen molar-refractivity contribution in [2.24, 2.45) is 0 Å². The molecule has 0 spiro atoms. The van der Waals surface area contributed by atoms with Crippen LogP contribution in [0.4, 0.5) is 5.69 Å². The number of thiazole rings is 1. The molecule has 0 bridgehead atoms. The summed E-state index contributed by atoms with van der Waals surface area (Å²) in [6.45, 7) is 2.46. The van der Waals surface area contributed by atoms with E-state index in [0.717, 1.165) is 32.2 Å². The zero-order chi connectivity index (χ0) is 20.1. The van der Waals surface area contributed by atoms with E-state index in [1.807, 2.05) is 35.0 Å². The molecule has 9 heteroatoms. The number of nitrogens with zero attached hydrogens (tertiary/aromatic N) is 3. The van der Waals surface area contributed by atoms with Gasteiger partial charge in [-0.1, -0.05) is 0 Å². The van der Waals surface area contributed by atoms with E-state index in [1.165, 1.54) is 13.3 Å². The molecule has 0 fully saturated rings. The molecular weight excluding hydrogens is 408 g/mol. The molecule has 148 valence electrons. The lowest BCUT2D eigenvalue weighted by Gasteiger charge is -2.09. The molecule has 0 unspecified atom stereocenters. The fourth-order valence-electron chi connectivity index (χ4n) is 2.73. The summed E-state index contributed by atoms with van der Waals surface area (Å²) in [5.74, 6) is 1.21. The van der Waals surface area contributed by atoms with E-state index in [1.54, 1.807) is 28.9 Å². The van der Waals surface area contributed by atoms with Gasteiger partial charge in [0.15, 0.2) is 0 Å². The molecule has 3 aromatic heterocycles. The predicted octanol–water partition coefficient (Wildman–Crippen LogP) is 4.62. The van der Waals surface area contributed by atoms with E-state index in [0.29, 0.717) is 25.5 Å². The molecule has 1 N–H and O–H groups in total. The normalized spacial score (nSPS) is 10.8. The number of aromatic nitrogens is 3. The first-order valence-electron chi connectivity index (χ1n) is 8.96. The number of amides is 1. The van der Waals surface area contributed by atoms with Gasteiger partial charge in [-0.2, -0.15) is 0 Å². The van der Waals surface area contributed by atoms with E-state index >= 15 is 0 Å². The quantitative estimate of drug-likeness (QED) is 0.414. The fourth-order valence-corrected chi connectivity index (χ4v) is 4.34. The Labute approximate surface area is 175 Å². The van der Waals surface area contributed by atoms with Crippen molar-refractivity contribution in [3.8, 4) is 22.2 Å². The summed E-state index contributed by atoms with van der Waals surface area (Å²) in [5, 5.41) is 8.55. The maximum atomic E-state index is 11.0. The first kappa shape index (κ1) is 19.3. The van der Waals surface area contributed by atoms with Gasteiger partial charge in [0.05, 0.1) is 18.6 Å². The zero-order valence-electron chi connectivity index (χ0n) is 15.6. The van der Waals surface area contributed by atoms with Crippen LogP contribution in [0.2, 0.25) is 0 Å². The summed E-state index contributed by atoms with van der Waals surface area (Å²) in [6, 6.07) is 7.26. The molecule has 7 nitrogen and oxygen atoms in total. The van der Waals surface area contributed by atoms with Crippen LogP contribution in [0.1, 0.15) is 13.3 Å². The highest BCUT2D eigenvalue weighted by atomic mass is 32.1. The number of rotatable bonds is 8. The molecule has 1 amide bonds. The van der Waals surface area contributed by atoms with Gasteiger partial charge in [-0.15, -0.1) is 22.7 Å². The molecule has 4 rings (SSSR count). The largest absolute Gasteiger partial charge is 0.493 e. The average molecular weight is 427 g/mol. The third-order valence-electron chi connectivity index (χ3n) is 3.97. The van der Waals surface area contributed by atoms with Gasteiger partial charge in [0.25, 0.3) is 0 Å². The van der Waals surface area contributed by atoms with Crippen molar-refractivity contribution in [2.75, 3.05) is 18.5 Å². The molecule has 29 heavy (non-hydrogen) atoms. The second kappa shape index (κ2) is 8.97. The number of hydrogen-bond donors (Lipinski definition) is 1. The van der Waals surface area contributed by atoms with Crippen molar-refractivity contribution in [2.45, 2.75) is 13.3 Å². The van der Waals surface area contributed by atoms with E-state index in [-0.39, 0.29) is 5.91 Å².